The minimum absolute atomic E-state index is 0.0184. The zero-order valence-electron chi connectivity index (χ0n) is 22.5. The molecular formula is C24H38O19. The number of hydrogen-bond donors (Lipinski definition) is 10. The minimum Gasteiger partial charge on any atom is -0.394 e. The highest BCUT2D eigenvalue weighted by molar-refractivity contribution is 5.01. The first-order chi connectivity index (χ1) is 20.5. The molecule has 0 aliphatic carbocycles. The van der Waals surface area contributed by atoms with Crippen LogP contribution in [-0.2, 0) is 42.6 Å². The summed E-state index contributed by atoms with van der Waals surface area (Å²) >= 11 is 0. The van der Waals surface area contributed by atoms with Crippen LogP contribution in [0.2, 0.25) is 0 Å². The quantitative estimate of drug-likeness (QED) is 0.119. The summed E-state index contributed by atoms with van der Waals surface area (Å²) < 4.78 is 50.5. The number of fused-ring (bicyclic) bond motifs is 4. The molecule has 43 heavy (non-hydrogen) atoms. The van der Waals surface area contributed by atoms with Crippen LogP contribution in [0.1, 0.15) is 0 Å². The number of hydrogen-bond acceptors (Lipinski definition) is 19. The lowest BCUT2D eigenvalue weighted by Crippen LogP contribution is -2.65. The van der Waals surface area contributed by atoms with Gasteiger partial charge in [0, 0.05) is 0 Å². The summed E-state index contributed by atoms with van der Waals surface area (Å²) in [6, 6.07) is 0. The van der Waals surface area contributed by atoms with E-state index in [0.717, 1.165) is 0 Å². The number of rotatable bonds is 8. The van der Waals surface area contributed by atoms with Crippen LogP contribution in [0.15, 0.2) is 0 Å². The molecule has 6 aliphatic rings. The van der Waals surface area contributed by atoms with Gasteiger partial charge in [-0.15, -0.1) is 0 Å². The highest BCUT2D eigenvalue weighted by atomic mass is 16.8. The Morgan fingerprint density at radius 2 is 0.953 bits per heavy atom. The maximum atomic E-state index is 11.1. The van der Waals surface area contributed by atoms with Crippen molar-refractivity contribution >= 4 is 0 Å². The van der Waals surface area contributed by atoms with Gasteiger partial charge in [0.25, 0.3) is 0 Å². The minimum atomic E-state index is -1.72. The van der Waals surface area contributed by atoms with Crippen LogP contribution in [-0.4, -0.2) is 200 Å². The molecule has 0 spiro atoms. The predicted molar refractivity (Wildman–Crippen MR) is 127 cm³/mol. The molecule has 0 radical (unpaired) electrons. The van der Waals surface area contributed by atoms with Gasteiger partial charge in [0.05, 0.1) is 26.4 Å². The van der Waals surface area contributed by atoms with Crippen molar-refractivity contribution in [3.05, 3.63) is 0 Å². The fraction of sp³-hybridized carbons (Fsp3) is 1.00. The van der Waals surface area contributed by atoms with Crippen molar-refractivity contribution in [2.75, 3.05) is 26.4 Å². The molecule has 0 aromatic rings. The standard InChI is InChI=1S/C24H38O19/c25-1-5-9(27)11(29)12(30)22(38-5)41-17-8-4-36-20(17)15(33)24(40-8)43-18-10(28)6(2-26)39-23(14(18)32)42-16-7-3-35-19(16)13(31)21(34)37-7/h5-34H,1-4H2/t5-,6-,7+,8+,9+,10-,11+,12-,13+,14-,15+,16+,17+,18+,19+,20+,21-,22+,23+,24+/m1/s1. The van der Waals surface area contributed by atoms with Crippen molar-refractivity contribution in [3.63, 3.8) is 0 Å². The zero-order valence-corrected chi connectivity index (χ0v) is 22.5. The molecule has 6 heterocycles. The molecule has 0 saturated carbocycles. The maximum Gasteiger partial charge on any atom is 0.187 e. The second kappa shape index (κ2) is 12.8. The molecule has 6 saturated heterocycles. The third-order valence-corrected chi connectivity index (χ3v) is 8.70. The maximum absolute atomic E-state index is 11.1. The fourth-order valence-corrected chi connectivity index (χ4v) is 6.28. The van der Waals surface area contributed by atoms with Gasteiger partial charge in [0.2, 0.25) is 0 Å². The molecule has 0 unspecified atom stereocenters. The Morgan fingerprint density at radius 1 is 0.465 bits per heavy atom. The first-order valence-electron chi connectivity index (χ1n) is 14.0. The van der Waals surface area contributed by atoms with Crippen molar-refractivity contribution < 1.29 is 93.7 Å². The van der Waals surface area contributed by atoms with Crippen LogP contribution in [0.5, 0.6) is 0 Å². The molecule has 19 heteroatoms. The Hall–Kier alpha value is -0.760. The summed E-state index contributed by atoms with van der Waals surface area (Å²) in [5.74, 6) is 0. The average Bonchev–Trinajstić information content (AvgIpc) is 3.48. The molecule has 6 aliphatic heterocycles. The lowest BCUT2D eigenvalue weighted by atomic mass is 9.96. The van der Waals surface area contributed by atoms with Crippen LogP contribution in [0.4, 0.5) is 0 Å². The SMILES string of the molecule is OC[C@H]1O[C@@H](O[C@@H]2[C@H]3OC[C@@H]2O[C@@H](O[C@@H]2[C@@H](O)[C@H](O[C@@H]4[C@H]5OC[C@@H]4O[C@@H](O)[C@H]5O)O[C@H](CO)[C@H]2O)[C@H]3O)[C@H](O)[C@@H](O)[C@H]1O. The second-order valence-corrected chi connectivity index (χ2v) is 11.4. The molecule has 20 atom stereocenters. The third-order valence-electron chi connectivity index (χ3n) is 8.70. The predicted octanol–water partition coefficient (Wildman–Crippen LogP) is -7.66. The normalized spacial score (nSPS) is 56.8. The van der Waals surface area contributed by atoms with E-state index in [1.165, 1.54) is 0 Å². The highest BCUT2D eigenvalue weighted by Gasteiger charge is 2.58. The fourth-order valence-electron chi connectivity index (χ4n) is 6.28. The number of aliphatic hydroxyl groups is 10. The Kier molecular flexibility index (Phi) is 9.58. The Balaban J connectivity index is 1.12. The molecule has 248 valence electrons. The zero-order chi connectivity index (χ0) is 30.7. The first-order valence-corrected chi connectivity index (χ1v) is 14.0. The van der Waals surface area contributed by atoms with E-state index >= 15 is 0 Å². The average molecular weight is 631 g/mol. The Labute approximate surface area is 243 Å². The lowest BCUT2D eigenvalue weighted by molar-refractivity contribution is -0.372. The monoisotopic (exact) mass is 630 g/mol. The van der Waals surface area contributed by atoms with Crippen LogP contribution >= 0.6 is 0 Å². The molecule has 6 rings (SSSR count). The Morgan fingerprint density at radius 3 is 1.56 bits per heavy atom. The van der Waals surface area contributed by atoms with E-state index in [1.54, 1.807) is 0 Å². The first kappa shape index (κ1) is 32.2. The molecule has 0 amide bonds. The van der Waals surface area contributed by atoms with Gasteiger partial charge in [0.1, 0.15) is 97.7 Å². The highest BCUT2D eigenvalue weighted by Crippen LogP contribution is 2.38. The van der Waals surface area contributed by atoms with Crippen LogP contribution in [0, 0.1) is 0 Å². The summed E-state index contributed by atoms with van der Waals surface area (Å²) in [5.41, 5.74) is 0. The summed E-state index contributed by atoms with van der Waals surface area (Å²) in [7, 11) is 0. The van der Waals surface area contributed by atoms with Gasteiger partial charge >= 0.3 is 0 Å². The van der Waals surface area contributed by atoms with Crippen molar-refractivity contribution in [1.29, 1.82) is 0 Å². The van der Waals surface area contributed by atoms with Gasteiger partial charge in [-0.1, -0.05) is 0 Å². The van der Waals surface area contributed by atoms with Crippen LogP contribution in [0.3, 0.4) is 0 Å². The molecular weight excluding hydrogens is 592 g/mol. The van der Waals surface area contributed by atoms with Crippen molar-refractivity contribution in [2.24, 2.45) is 0 Å². The van der Waals surface area contributed by atoms with Crippen molar-refractivity contribution in [1.82, 2.24) is 0 Å². The second-order valence-electron chi connectivity index (χ2n) is 11.4. The number of ether oxygens (including phenoxy) is 9. The molecule has 6 fully saturated rings. The number of aliphatic hydroxyl groups excluding tert-OH is 10. The molecule has 0 aromatic heterocycles. The van der Waals surface area contributed by atoms with Gasteiger partial charge in [-0.05, 0) is 0 Å². The van der Waals surface area contributed by atoms with Crippen LogP contribution < -0.4 is 0 Å². The van der Waals surface area contributed by atoms with E-state index in [0.29, 0.717) is 0 Å². The van der Waals surface area contributed by atoms with Gasteiger partial charge in [-0.3, -0.25) is 0 Å². The molecule has 4 bridgehead atoms. The van der Waals surface area contributed by atoms with E-state index in [1.807, 2.05) is 0 Å². The summed E-state index contributed by atoms with van der Waals surface area (Å²) in [4.78, 5) is 0. The third kappa shape index (κ3) is 5.73. The van der Waals surface area contributed by atoms with Gasteiger partial charge in [-0.2, -0.15) is 0 Å². The Bertz CT molecular complexity index is 944. The summed E-state index contributed by atoms with van der Waals surface area (Å²) in [6.45, 7) is -1.51. The van der Waals surface area contributed by atoms with Gasteiger partial charge in [-0.25, -0.2) is 0 Å². The van der Waals surface area contributed by atoms with Gasteiger partial charge < -0.3 is 93.7 Å². The summed E-state index contributed by atoms with van der Waals surface area (Å²) in [6.07, 6.45) is -27.5. The topological polar surface area (TPSA) is 285 Å². The van der Waals surface area contributed by atoms with E-state index in [4.69, 9.17) is 42.6 Å². The van der Waals surface area contributed by atoms with E-state index in [-0.39, 0.29) is 13.2 Å². The van der Waals surface area contributed by atoms with Crippen LogP contribution in [0.25, 0.3) is 0 Å². The van der Waals surface area contributed by atoms with E-state index in [9.17, 15) is 51.1 Å². The largest absolute Gasteiger partial charge is 0.394 e. The molecule has 19 nitrogen and oxygen atoms in total. The summed E-state index contributed by atoms with van der Waals surface area (Å²) in [5, 5.41) is 103. The van der Waals surface area contributed by atoms with E-state index < -0.39 is 136 Å². The van der Waals surface area contributed by atoms with Crippen molar-refractivity contribution in [3.8, 4) is 0 Å². The van der Waals surface area contributed by atoms with Crippen molar-refractivity contribution in [2.45, 2.75) is 123 Å². The lowest BCUT2D eigenvalue weighted by Gasteiger charge is -2.47. The van der Waals surface area contributed by atoms with Gasteiger partial charge in [0.15, 0.2) is 25.2 Å². The van der Waals surface area contributed by atoms with E-state index in [2.05, 4.69) is 0 Å². The molecule has 10 N–H and O–H groups in total. The molecule has 0 aromatic carbocycles. The smallest absolute Gasteiger partial charge is 0.187 e.